The molecular weight excluding hydrogens is 330 g/mol. The Morgan fingerprint density at radius 2 is 1.73 bits per heavy atom. The van der Waals surface area contributed by atoms with Crippen LogP contribution in [0.3, 0.4) is 0 Å². The number of carbonyl (C=O) groups is 1. The van der Waals surface area contributed by atoms with Crippen molar-refractivity contribution in [2.45, 2.75) is 13.3 Å². The molecular formula is C20H25N3O3. The molecule has 0 unspecified atom stereocenters. The van der Waals surface area contributed by atoms with E-state index in [1.807, 2.05) is 24.3 Å². The molecule has 1 fully saturated rings. The van der Waals surface area contributed by atoms with Gasteiger partial charge in [-0.2, -0.15) is 0 Å². The summed E-state index contributed by atoms with van der Waals surface area (Å²) < 4.78 is 1.39. The SMILES string of the molecule is Cc1ccn(-c2ccc(CCN3CCN(C)CC3)cc2)c(=O)c1C(=O)O. The lowest BCUT2D eigenvalue weighted by atomic mass is 10.1. The Bertz CT molecular complexity index is 834. The van der Waals surface area contributed by atoms with E-state index in [2.05, 4.69) is 16.8 Å². The van der Waals surface area contributed by atoms with E-state index < -0.39 is 11.5 Å². The number of carboxylic acid groups (broad SMARTS) is 1. The molecule has 0 atom stereocenters. The molecule has 6 heteroatoms. The van der Waals surface area contributed by atoms with Crippen LogP contribution in [0.15, 0.2) is 41.3 Å². The first-order valence-electron chi connectivity index (χ1n) is 8.91. The third-order valence-corrected chi connectivity index (χ3v) is 5.04. The van der Waals surface area contributed by atoms with Crippen LogP contribution in [-0.4, -0.2) is 65.2 Å². The summed E-state index contributed by atoms with van der Waals surface area (Å²) in [7, 11) is 2.15. The Morgan fingerprint density at radius 3 is 2.35 bits per heavy atom. The van der Waals surface area contributed by atoms with Crippen molar-refractivity contribution < 1.29 is 9.90 Å². The van der Waals surface area contributed by atoms with E-state index in [9.17, 15) is 14.7 Å². The second kappa shape index (κ2) is 7.85. The molecule has 2 heterocycles. The fourth-order valence-electron chi connectivity index (χ4n) is 3.27. The fourth-order valence-corrected chi connectivity index (χ4v) is 3.27. The van der Waals surface area contributed by atoms with Gasteiger partial charge in [-0.05, 0) is 49.7 Å². The van der Waals surface area contributed by atoms with Gasteiger partial charge in [0, 0.05) is 44.6 Å². The van der Waals surface area contributed by atoms with Crippen LogP contribution in [0.25, 0.3) is 5.69 Å². The van der Waals surface area contributed by atoms with Crippen molar-refractivity contribution in [2.24, 2.45) is 0 Å². The van der Waals surface area contributed by atoms with Crippen LogP contribution >= 0.6 is 0 Å². The van der Waals surface area contributed by atoms with E-state index in [1.54, 1.807) is 19.2 Å². The van der Waals surface area contributed by atoms with Crippen molar-refractivity contribution in [1.29, 1.82) is 0 Å². The molecule has 26 heavy (non-hydrogen) atoms. The Labute approximate surface area is 153 Å². The maximum atomic E-state index is 12.4. The number of likely N-dealkylation sites (N-methyl/N-ethyl adjacent to an activating group) is 1. The molecule has 1 aliphatic rings. The largest absolute Gasteiger partial charge is 0.477 e. The van der Waals surface area contributed by atoms with Crippen LogP contribution in [0.5, 0.6) is 0 Å². The van der Waals surface area contributed by atoms with Crippen LogP contribution in [0.2, 0.25) is 0 Å². The highest BCUT2D eigenvalue weighted by atomic mass is 16.4. The highest BCUT2D eigenvalue weighted by molar-refractivity contribution is 5.88. The average Bonchev–Trinajstić information content (AvgIpc) is 2.62. The minimum absolute atomic E-state index is 0.174. The number of benzene rings is 1. The van der Waals surface area contributed by atoms with Crippen molar-refractivity contribution in [3.63, 3.8) is 0 Å². The molecule has 1 aliphatic heterocycles. The average molecular weight is 355 g/mol. The van der Waals surface area contributed by atoms with E-state index in [-0.39, 0.29) is 5.56 Å². The standard InChI is InChI=1S/C20H25N3O3/c1-15-7-10-23(19(24)18(15)20(25)26)17-5-3-16(4-6-17)8-9-22-13-11-21(2)12-14-22/h3-7,10H,8-9,11-14H2,1-2H3,(H,25,26). The Morgan fingerprint density at radius 1 is 1.08 bits per heavy atom. The number of carboxylic acids is 1. The molecule has 0 radical (unpaired) electrons. The molecule has 3 rings (SSSR count). The maximum absolute atomic E-state index is 12.4. The van der Waals surface area contributed by atoms with Crippen molar-refractivity contribution in [2.75, 3.05) is 39.8 Å². The summed E-state index contributed by atoms with van der Waals surface area (Å²) in [5, 5.41) is 9.25. The first-order valence-corrected chi connectivity index (χ1v) is 8.91. The summed E-state index contributed by atoms with van der Waals surface area (Å²) in [5.41, 5.74) is 1.70. The van der Waals surface area contributed by atoms with E-state index in [0.29, 0.717) is 11.3 Å². The van der Waals surface area contributed by atoms with Gasteiger partial charge in [0.2, 0.25) is 0 Å². The minimum atomic E-state index is -1.19. The Kier molecular flexibility index (Phi) is 5.54. The van der Waals surface area contributed by atoms with Crippen LogP contribution in [0.1, 0.15) is 21.5 Å². The molecule has 1 N–H and O–H groups in total. The molecule has 0 spiro atoms. The van der Waals surface area contributed by atoms with Crippen molar-refractivity contribution in [3.8, 4) is 5.69 Å². The van der Waals surface area contributed by atoms with Gasteiger partial charge in [0.05, 0.1) is 0 Å². The van der Waals surface area contributed by atoms with Crippen LogP contribution in [0, 0.1) is 6.92 Å². The number of nitrogens with zero attached hydrogens (tertiary/aromatic N) is 3. The number of hydrogen-bond acceptors (Lipinski definition) is 4. The fraction of sp³-hybridized carbons (Fsp3) is 0.400. The van der Waals surface area contributed by atoms with Crippen molar-refractivity contribution in [1.82, 2.24) is 14.4 Å². The van der Waals surface area contributed by atoms with Gasteiger partial charge in [-0.1, -0.05) is 12.1 Å². The second-order valence-electron chi connectivity index (χ2n) is 6.92. The molecule has 0 saturated carbocycles. The molecule has 138 valence electrons. The van der Waals surface area contributed by atoms with Gasteiger partial charge in [0.1, 0.15) is 5.56 Å². The summed E-state index contributed by atoms with van der Waals surface area (Å²) in [4.78, 5) is 28.6. The quantitative estimate of drug-likeness (QED) is 0.883. The smallest absolute Gasteiger partial charge is 0.341 e. The maximum Gasteiger partial charge on any atom is 0.341 e. The Hall–Kier alpha value is -2.44. The van der Waals surface area contributed by atoms with Gasteiger partial charge in [-0.25, -0.2) is 4.79 Å². The number of aromatic nitrogens is 1. The normalized spacial score (nSPS) is 15.9. The monoisotopic (exact) mass is 355 g/mol. The van der Waals surface area contributed by atoms with Gasteiger partial charge >= 0.3 is 5.97 Å². The number of aromatic carboxylic acids is 1. The second-order valence-corrected chi connectivity index (χ2v) is 6.92. The molecule has 0 aliphatic carbocycles. The molecule has 0 amide bonds. The van der Waals surface area contributed by atoms with E-state index in [1.165, 1.54) is 10.1 Å². The third kappa shape index (κ3) is 4.03. The number of rotatable bonds is 5. The predicted octanol–water partition coefficient (Wildman–Crippen LogP) is 1.63. The zero-order chi connectivity index (χ0) is 18.7. The first kappa shape index (κ1) is 18.4. The molecule has 1 aromatic carbocycles. The summed E-state index contributed by atoms with van der Waals surface area (Å²) in [6, 6.07) is 9.44. The molecule has 0 bridgehead atoms. The lowest BCUT2D eigenvalue weighted by Crippen LogP contribution is -2.45. The van der Waals surface area contributed by atoms with Crippen molar-refractivity contribution >= 4 is 5.97 Å². The van der Waals surface area contributed by atoms with Gasteiger partial charge in [-0.15, -0.1) is 0 Å². The van der Waals surface area contributed by atoms with Crippen molar-refractivity contribution in [3.05, 3.63) is 63.6 Å². The zero-order valence-corrected chi connectivity index (χ0v) is 15.3. The summed E-state index contributed by atoms with van der Waals surface area (Å²) in [6.07, 6.45) is 2.59. The third-order valence-electron chi connectivity index (χ3n) is 5.04. The molecule has 1 saturated heterocycles. The molecule has 6 nitrogen and oxygen atoms in total. The number of piperazine rings is 1. The number of hydrogen-bond donors (Lipinski definition) is 1. The van der Waals surface area contributed by atoms with E-state index in [0.717, 1.165) is 39.1 Å². The molecule has 1 aromatic heterocycles. The highest BCUT2D eigenvalue weighted by Gasteiger charge is 2.15. The number of aryl methyl sites for hydroxylation is 1. The van der Waals surface area contributed by atoms with Gasteiger partial charge in [-0.3, -0.25) is 9.36 Å². The summed E-state index contributed by atoms with van der Waals surface area (Å²) >= 11 is 0. The summed E-state index contributed by atoms with van der Waals surface area (Å²) in [6.45, 7) is 7.09. The Balaban J connectivity index is 1.71. The van der Waals surface area contributed by atoms with Crippen LogP contribution in [-0.2, 0) is 6.42 Å². The van der Waals surface area contributed by atoms with E-state index in [4.69, 9.17) is 0 Å². The predicted molar refractivity (Wildman–Crippen MR) is 101 cm³/mol. The first-order chi connectivity index (χ1) is 12.5. The number of pyridine rings is 1. The van der Waals surface area contributed by atoms with Gasteiger partial charge < -0.3 is 14.9 Å². The van der Waals surface area contributed by atoms with E-state index >= 15 is 0 Å². The topological polar surface area (TPSA) is 65.8 Å². The highest BCUT2D eigenvalue weighted by Crippen LogP contribution is 2.12. The lowest BCUT2D eigenvalue weighted by molar-refractivity contribution is 0.0693. The molecule has 2 aromatic rings. The van der Waals surface area contributed by atoms with Crippen LogP contribution < -0.4 is 5.56 Å². The summed E-state index contributed by atoms with van der Waals surface area (Å²) in [5.74, 6) is -1.19. The lowest BCUT2D eigenvalue weighted by Gasteiger charge is -2.32. The minimum Gasteiger partial charge on any atom is -0.477 e. The van der Waals surface area contributed by atoms with Crippen LogP contribution in [0.4, 0.5) is 0 Å². The van der Waals surface area contributed by atoms with Gasteiger partial charge in [0.25, 0.3) is 5.56 Å². The van der Waals surface area contributed by atoms with Gasteiger partial charge in [0.15, 0.2) is 0 Å². The zero-order valence-electron chi connectivity index (χ0n) is 15.3.